The Kier molecular flexibility index (Phi) is 4.60. The lowest BCUT2D eigenvalue weighted by Crippen LogP contribution is -2.24. The average Bonchev–Trinajstić information content (AvgIpc) is 3.18. The lowest BCUT2D eigenvalue weighted by atomic mass is 10.3. The molecule has 0 spiro atoms. The van der Waals surface area contributed by atoms with Gasteiger partial charge < -0.3 is 4.42 Å². The van der Waals surface area contributed by atoms with Crippen LogP contribution in [-0.2, 0) is 9.84 Å². The Morgan fingerprint density at radius 3 is 2.56 bits per heavy atom. The Balaban J connectivity index is 1.99. The average molecular weight is 410 g/mol. The summed E-state index contributed by atoms with van der Waals surface area (Å²) in [5, 5.41) is 8.99. The highest BCUT2D eigenvalue weighted by atomic mass is 32.2. The molecule has 0 aliphatic heterocycles. The van der Waals surface area contributed by atoms with E-state index in [9.17, 15) is 26.0 Å². The van der Waals surface area contributed by atoms with Crippen LogP contribution >= 0.6 is 23.1 Å². The summed E-state index contributed by atoms with van der Waals surface area (Å²) in [6.07, 6.45) is 0. The molecule has 0 bridgehead atoms. The number of thiophene rings is 1. The van der Waals surface area contributed by atoms with Crippen LogP contribution in [0, 0.1) is 5.82 Å². The molecule has 0 atom stereocenters. The second kappa shape index (κ2) is 6.42. The second-order valence-electron chi connectivity index (χ2n) is 4.49. The molecule has 2 heterocycles. The van der Waals surface area contributed by atoms with Gasteiger partial charge in [-0.05, 0) is 41.4 Å². The van der Waals surface area contributed by atoms with Crippen molar-refractivity contribution in [1.29, 1.82) is 0 Å². The van der Waals surface area contributed by atoms with E-state index in [1.807, 2.05) is 0 Å². The minimum absolute atomic E-state index is 0.139. The number of hydrogen-bond acceptors (Lipinski definition) is 7. The van der Waals surface area contributed by atoms with Crippen molar-refractivity contribution < 1.29 is 30.4 Å². The van der Waals surface area contributed by atoms with Crippen molar-refractivity contribution in [3.05, 3.63) is 41.5 Å². The van der Waals surface area contributed by atoms with E-state index in [2.05, 4.69) is 10.2 Å². The molecule has 0 saturated heterocycles. The van der Waals surface area contributed by atoms with Gasteiger partial charge in [-0.3, -0.25) is 0 Å². The molecule has 0 unspecified atom stereocenters. The molecular weight excluding hydrogens is 404 g/mol. The first-order valence-electron chi connectivity index (χ1n) is 6.34. The van der Waals surface area contributed by atoms with E-state index >= 15 is 0 Å². The molecule has 3 rings (SSSR count). The topological polar surface area (TPSA) is 73.1 Å². The zero-order valence-corrected chi connectivity index (χ0v) is 14.3. The number of rotatable bonds is 4. The molecule has 1 aromatic carbocycles. The summed E-state index contributed by atoms with van der Waals surface area (Å²) in [7, 11) is -5.73. The minimum Gasteiger partial charge on any atom is -0.410 e. The smallest absolute Gasteiger partial charge is 0.410 e. The second-order valence-corrected chi connectivity index (χ2v) is 8.34. The Labute approximate surface area is 146 Å². The lowest BCUT2D eigenvalue weighted by molar-refractivity contribution is -0.0437. The third-order valence-corrected chi connectivity index (χ3v) is 6.26. The molecule has 0 saturated carbocycles. The van der Waals surface area contributed by atoms with Crippen molar-refractivity contribution in [3.63, 3.8) is 0 Å². The maximum absolute atomic E-state index is 13.3. The predicted octanol–water partition coefficient (Wildman–Crippen LogP) is 4.38. The first kappa shape index (κ1) is 17.9. The Morgan fingerprint density at radius 1 is 1.16 bits per heavy atom. The van der Waals surface area contributed by atoms with Gasteiger partial charge in [-0.25, -0.2) is 12.8 Å². The van der Waals surface area contributed by atoms with Gasteiger partial charge in [0, 0.05) is 4.90 Å². The van der Waals surface area contributed by atoms with Gasteiger partial charge in [-0.2, -0.15) is 13.2 Å². The van der Waals surface area contributed by atoms with E-state index in [0.29, 0.717) is 22.7 Å². The molecule has 0 N–H and O–H groups in total. The standard InChI is InChI=1S/C13H6F4N2O3S3/c14-7-3-4-8(10(6-7)25(20,21)13(15,16)17)24-12-19-18-11(22-12)9-2-1-5-23-9/h1-6H. The molecular formula is C13H6F4N2O3S3. The molecule has 0 aliphatic carbocycles. The van der Waals surface area contributed by atoms with E-state index in [0.717, 1.165) is 12.1 Å². The fourth-order valence-corrected chi connectivity index (χ4v) is 4.38. The van der Waals surface area contributed by atoms with Gasteiger partial charge in [0.25, 0.3) is 21.0 Å². The fourth-order valence-electron chi connectivity index (χ4n) is 1.75. The number of sulfone groups is 1. The van der Waals surface area contributed by atoms with E-state index < -0.39 is 26.1 Å². The van der Waals surface area contributed by atoms with Crippen LogP contribution < -0.4 is 0 Å². The van der Waals surface area contributed by atoms with Crippen LogP contribution in [0.25, 0.3) is 10.8 Å². The Bertz CT molecular complexity index is 998. The first-order chi connectivity index (χ1) is 11.7. The minimum atomic E-state index is -5.73. The molecule has 25 heavy (non-hydrogen) atoms. The normalized spacial score (nSPS) is 12.5. The summed E-state index contributed by atoms with van der Waals surface area (Å²) in [5.41, 5.74) is -5.56. The molecule has 3 aromatic rings. The lowest BCUT2D eigenvalue weighted by Gasteiger charge is -2.11. The predicted molar refractivity (Wildman–Crippen MR) is 81.4 cm³/mol. The maximum Gasteiger partial charge on any atom is 0.501 e. The summed E-state index contributed by atoms with van der Waals surface area (Å²) in [6.45, 7) is 0. The first-order valence-corrected chi connectivity index (χ1v) is 9.52. The van der Waals surface area contributed by atoms with Crippen LogP contribution in [-0.4, -0.2) is 24.1 Å². The number of aromatic nitrogens is 2. The van der Waals surface area contributed by atoms with Crippen molar-refractivity contribution in [1.82, 2.24) is 10.2 Å². The van der Waals surface area contributed by atoms with E-state index in [4.69, 9.17) is 4.42 Å². The van der Waals surface area contributed by atoms with Crippen molar-refractivity contribution in [2.45, 2.75) is 20.5 Å². The highest BCUT2D eigenvalue weighted by molar-refractivity contribution is 8.00. The largest absolute Gasteiger partial charge is 0.501 e. The van der Waals surface area contributed by atoms with Gasteiger partial charge in [0.2, 0.25) is 0 Å². The number of hydrogen-bond donors (Lipinski definition) is 0. The number of alkyl halides is 3. The molecule has 0 amide bonds. The molecule has 12 heteroatoms. The number of benzene rings is 1. The SMILES string of the molecule is O=S(=O)(c1cc(F)ccc1Sc1nnc(-c2cccs2)o1)C(F)(F)F. The molecule has 0 radical (unpaired) electrons. The summed E-state index contributed by atoms with van der Waals surface area (Å²) in [4.78, 5) is -0.942. The van der Waals surface area contributed by atoms with Gasteiger partial charge in [0.1, 0.15) is 5.82 Å². The summed E-state index contributed by atoms with van der Waals surface area (Å²) in [6, 6.07) is 5.50. The zero-order valence-electron chi connectivity index (χ0n) is 11.8. The van der Waals surface area contributed by atoms with Crippen molar-refractivity contribution in [2.24, 2.45) is 0 Å². The van der Waals surface area contributed by atoms with Gasteiger partial charge in [0.05, 0.1) is 9.77 Å². The highest BCUT2D eigenvalue weighted by Crippen LogP contribution is 2.39. The highest BCUT2D eigenvalue weighted by Gasteiger charge is 2.48. The maximum atomic E-state index is 13.3. The summed E-state index contributed by atoms with van der Waals surface area (Å²) in [5.74, 6) is -0.975. The Morgan fingerprint density at radius 2 is 1.92 bits per heavy atom. The molecule has 0 aliphatic rings. The Hall–Kier alpha value is -1.92. The van der Waals surface area contributed by atoms with Crippen molar-refractivity contribution >= 4 is 32.9 Å². The number of nitrogens with zero attached hydrogens (tertiary/aromatic N) is 2. The summed E-state index contributed by atoms with van der Waals surface area (Å²) < 4.78 is 80.2. The van der Waals surface area contributed by atoms with Crippen LogP contribution in [0.2, 0.25) is 0 Å². The monoisotopic (exact) mass is 410 g/mol. The van der Waals surface area contributed by atoms with Crippen LogP contribution in [0.1, 0.15) is 0 Å². The van der Waals surface area contributed by atoms with Gasteiger partial charge >= 0.3 is 5.51 Å². The molecule has 5 nitrogen and oxygen atoms in total. The van der Waals surface area contributed by atoms with E-state index in [1.54, 1.807) is 17.5 Å². The molecule has 132 valence electrons. The number of halogens is 4. The molecule has 0 fully saturated rings. The van der Waals surface area contributed by atoms with Crippen LogP contribution in [0.15, 0.2) is 55.1 Å². The van der Waals surface area contributed by atoms with Gasteiger partial charge in [-0.1, -0.05) is 6.07 Å². The van der Waals surface area contributed by atoms with Crippen LogP contribution in [0.5, 0.6) is 0 Å². The molecule has 2 aromatic heterocycles. The fraction of sp³-hybridized carbons (Fsp3) is 0.0769. The van der Waals surface area contributed by atoms with Crippen molar-refractivity contribution in [3.8, 4) is 10.8 Å². The van der Waals surface area contributed by atoms with Crippen LogP contribution in [0.4, 0.5) is 17.6 Å². The van der Waals surface area contributed by atoms with Crippen molar-refractivity contribution in [2.75, 3.05) is 0 Å². The van der Waals surface area contributed by atoms with Gasteiger partial charge in [0.15, 0.2) is 0 Å². The third-order valence-electron chi connectivity index (χ3n) is 2.84. The van der Waals surface area contributed by atoms with E-state index in [1.165, 1.54) is 11.3 Å². The van der Waals surface area contributed by atoms with Gasteiger partial charge in [-0.15, -0.1) is 21.5 Å². The quantitative estimate of drug-likeness (QED) is 0.595. The van der Waals surface area contributed by atoms with E-state index in [-0.39, 0.29) is 16.0 Å². The summed E-state index contributed by atoms with van der Waals surface area (Å²) >= 11 is 1.81. The third kappa shape index (κ3) is 3.55. The van der Waals surface area contributed by atoms with Crippen LogP contribution in [0.3, 0.4) is 0 Å². The zero-order chi connectivity index (χ0) is 18.2.